The Hall–Kier alpha value is -2.71. The Morgan fingerprint density at radius 1 is 0.968 bits per heavy atom. The van der Waals surface area contributed by atoms with Crippen molar-refractivity contribution in [3.63, 3.8) is 0 Å². The van der Waals surface area contributed by atoms with Gasteiger partial charge in [-0.3, -0.25) is 9.59 Å². The average Bonchev–Trinajstić information content (AvgIpc) is 2.75. The number of nitrogens with two attached hydrogens (primary N) is 1. The molecule has 0 bridgehead atoms. The molecule has 0 spiro atoms. The van der Waals surface area contributed by atoms with Gasteiger partial charge in [0.25, 0.3) is 0 Å². The molecule has 8 heteroatoms. The number of primary amides is 1. The fourth-order valence-corrected chi connectivity index (χ4v) is 5.02. The first-order valence-corrected chi connectivity index (χ1v) is 11.8. The van der Waals surface area contributed by atoms with Crippen molar-refractivity contribution < 1.29 is 18.0 Å². The van der Waals surface area contributed by atoms with E-state index in [0.717, 1.165) is 16.7 Å². The van der Waals surface area contributed by atoms with Gasteiger partial charge in [0.1, 0.15) is 0 Å². The van der Waals surface area contributed by atoms with Gasteiger partial charge in [0.2, 0.25) is 21.8 Å². The molecule has 1 fully saturated rings. The van der Waals surface area contributed by atoms with Crippen molar-refractivity contribution in [2.45, 2.75) is 38.1 Å². The maximum absolute atomic E-state index is 13.4. The number of piperidine rings is 1. The maximum Gasteiger partial charge on any atom is 0.243 e. The van der Waals surface area contributed by atoms with Crippen LogP contribution in [-0.2, 0) is 26.2 Å². The van der Waals surface area contributed by atoms with Crippen LogP contribution in [0.1, 0.15) is 29.5 Å². The fraction of sp³-hybridized carbons (Fsp3) is 0.391. The van der Waals surface area contributed by atoms with Gasteiger partial charge in [-0.05, 0) is 44.4 Å². The Labute approximate surface area is 183 Å². The lowest BCUT2D eigenvalue weighted by molar-refractivity contribution is -0.135. The van der Waals surface area contributed by atoms with E-state index in [1.807, 2.05) is 38.1 Å². The van der Waals surface area contributed by atoms with Crippen molar-refractivity contribution >= 4 is 21.8 Å². The van der Waals surface area contributed by atoms with Crippen LogP contribution in [0.3, 0.4) is 0 Å². The number of amides is 2. The van der Waals surface area contributed by atoms with E-state index in [9.17, 15) is 18.0 Å². The molecule has 0 aromatic heterocycles. The van der Waals surface area contributed by atoms with Crippen LogP contribution in [-0.4, -0.2) is 49.1 Å². The lowest BCUT2D eigenvalue weighted by Crippen LogP contribution is -2.46. The first-order valence-electron chi connectivity index (χ1n) is 10.4. The molecule has 1 heterocycles. The van der Waals surface area contributed by atoms with Crippen LogP contribution in [0.2, 0.25) is 0 Å². The summed E-state index contributed by atoms with van der Waals surface area (Å²) >= 11 is 0. The first kappa shape index (κ1) is 23.0. The van der Waals surface area contributed by atoms with E-state index < -0.39 is 10.0 Å². The molecule has 0 unspecified atom stereocenters. The molecule has 1 aliphatic heterocycles. The summed E-state index contributed by atoms with van der Waals surface area (Å²) < 4.78 is 28.0. The Kier molecular flexibility index (Phi) is 7.12. The fourth-order valence-electron chi connectivity index (χ4n) is 3.65. The summed E-state index contributed by atoms with van der Waals surface area (Å²) in [5.41, 5.74) is 8.21. The summed E-state index contributed by atoms with van der Waals surface area (Å²) in [5, 5.41) is 0. The topological polar surface area (TPSA) is 101 Å². The SMILES string of the molecule is Cc1ccc(CN(CC(=O)N2CCC(C(N)=O)CC2)S(=O)(=O)c2ccc(C)cc2)cc1. The summed E-state index contributed by atoms with van der Waals surface area (Å²) in [5.74, 6) is -0.857. The Morgan fingerprint density at radius 3 is 2.00 bits per heavy atom. The second kappa shape index (κ2) is 9.62. The van der Waals surface area contributed by atoms with Crippen LogP contribution in [0.4, 0.5) is 0 Å². The Morgan fingerprint density at radius 2 is 1.48 bits per heavy atom. The predicted molar refractivity (Wildman–Crippen MR) is 118 cm³/mol. The van der Waals surface area contributed by atoms with E-state index in [1.54, 1.807) is 29.2 Å². The van der Waals surface area contributed by atoms with Gasteiger partial charge in [0.15, 0.2) is 0 Å². The van der Waals surface area contributed by atoms with Gasteiger partial charge < -0.3 is 10.6 Å². The zero-order valence-electron chi connectivity index (χ0n) is 18.0. The van der Waals surface area contributed by atoms with Crippen molar-refractivity contribution in [3.8, 4) is 0 Å². The van der Waals surface area contributed by atoms with Crippen LogP contribution in [0.25, 0.3) is 0 Å². The molecule has 0 aliphatic carbocycles. The molecule has 0 saturated carbocycles. The number of carbonyl (C=O) groups is 2. The zero-order valence-corrected chi connectivity index (χ0v) is 18.8. The smallest absolute Gasteiger partial charge is 0.243 e. The van der Waals surface area contributed by atoms with E-state index in [4.69, 9.17) is 5.73 Å². The second-order valence-electron chi connectivity index (χ2n) is 8.13. The highest BCUT2D eigenvalue weighted by Crippen LogP contribution is 2.21. The van der Waals surface area contributed by atoms with E-state index >= 15 is 0 Å². The van der Waals surface area contributed by atoms with Gasteiger partial charge in [0, 0.05) is 25.6 Å². The Bertz CT molecular complexity index is 1030. The lowest BCUT2D eigenvalue weighted by atomic mass is 9.96. The third-order valence-corrected chi connectivity index (χ3v) is 7.51. The number of sulfonamides is 1. The predicted octanol–water partition coefficient (Wildman–Crippen LogP) is 2.22. The first-order chi connectivity index (χ1) is 14.7. The number of likely N-dealkylation sites (tertiary alicyclic amines) is 1. The van der Waals surface area contributed by atoms with Crippen molar-refractivity contribution in [2.75, 3.05) is 19.6 Å². The third kappa shape index (κ3) is 5.71. The minimum atomic E-state index is -3.87. The summed E-state index contributed by atoms with van der Waals surface area (Å²) in [6.45, 7) is 4.49. The normalized spacial score (nSPS) is 15.3. The summed E-state index contributed by atoms with van der Waals surface area (Å²) in [6.07, 6.45) is 1.01. The zero-order chi connectivity index (χ0) is 22.6. The van der Waals surface area contributed by atoms with Crippen molar-refractivity contribution in [2.24, 2.45) is 11.7 Å². The summed E-state index contributed by atoms with van der Waals surface area (Å²) in [6, 6.07) is 14.2. The number of carbonyl (C=O) groups excluding carboxylic acids is 2. The monoisotopic (exact) mass is 443 g/mol. The number of rotatable bonds is 7. The number of benzene rings is 2. The van der Waals surface area contributed by atoms with Crippen LogP contribution in [0, 0.1) is 19.8 Å². The van der Waals surface area contributed by atoms with Gasteiger partial charge in [-0.2, -0.15) is 4.31 Å². The Balaban J connectivity index is 1.81. The third-order valence-electron chi connectivity index (χ3n) is 5.70. The molecule has 0 atom stereocenters. The maximum atomic E-state index is 13.4. The van der Waals surface area contributed by atoms with Gasteiger partial charge in [-0.15, -0.1) is 0 Å². The molecular weight excluding hydrogens is 414 g/mol. The average molecular weight is 444 g/mol. The van der Waals surface area contributed by atoms with Gasteiger partial charge in [0.05, 0.1) is 11.4 Å². The van der Waals surface area contributed by atoms with Crippen molar-refractivity contribution in [1.82, 2.24) is 9.21 Å². The van der Waals surface area contributed by atoms with Crippen molar-refractivity contribution in [3.05, 3.63) is 65.2 Å². The minimum Gasteiger partial charge on any atom is -0.369 e. The summed E-state index contributed by atoms with van der Waals surface area (Å²) in [7, 11) is -3.87. The largest absolute Gasteiger partial charge is 0.369 e. The number of aryl methyl sites for hydroxylation is 2. The van der Waals surface area contributed by atoms with E-state index in [2.05, 4.69) is 0 Å². The molecule has 2 amide bonds. The molecule has 0 radical (unpaired) electrons. The minimum absolute atomic E-state index is 0.0972. The molecular formula is C23H29N3O4S. The van der Waals surface area contributed by atoms with Crippen molar-refractivity contribution in [1.29, 1.82) is 0 Å². The lowest BCUT2D eigenvalue weighted by Gasteiger charge is -2.32. The van der Waals surface area contributed by atoms with Crippen LogP contribution in [0.5, 0.6) is 0 Å². The van der Waals surface area contributed by atoms with Gasteiger partial charge in [-0.1, -0.05) is 47.5 Å². The van der Waals surface area contributed by atoms with Gasteiger partial charge >= 0.3 is 0 Å². The number of hydrogen-bond donors (Lipinski definition) is 1. The molecule has 2 aromatic carbocycles. The molecule has 7 nitrogen and oxygen atoms in total. The number of nitrogens with zero attached hydrogens (tertiary/aromatic N) is 2. The van der Waals surface area contributed by atoms with Crippen LogP contribution >= 0.6 is 0 Å². The van der Waals surface area contributed by atoms with E-state index in [1.165, 1.54) is 4.31 Å². The highest BCUT2D eigenvalue weighted by molar-refractivity contribution is 7.89. The molecule has 1 saturated heterocycles. The molecule has 31 heavy (non-hydrogen) atoms. The van der Waals surface area contributed by atoms with Gasteiger partial charge in [-0.25, -0.2) is 8.42 Å². The van der Waals surface area contributed by atoms with E-state index in [-0.39, 0.29) is 35.7 Å². The molecule has 2 aromatic rings. The number of hydrogen-bond acceptors (Lipinski definition) is 4. The highest BCUT2D eigenvalue weighted by Gasteiger charge is 2.31. The molecule has 3 rings (SSSR count). The summed E-state index contributed by atoms with van der Waals surface area (Å²) in [4.78, 5) is 26.1. The van der Waals surface area contributed by atoms with Crippen LogP contribution in [0.15, 0.2) is 53.4 Å². The quantitative estimate of drug-likeness (QED) is 0.709. The molecule has 1 aliphatic rings. The molecule has 166 valence electrons. The molecule has 2 N–H and O–H groups in total. The standard InChI is InChI=1S/C23H29N3O4S/c1-17-3-7-19(8-4-17)15-26(31(29,30)21-9-5-18(2)6-10-21)16-22(27)25-13-11-20(12-14-25)23(24)28/h3-10,20H,11-16H2,1-2H3,(H2,24,28). The van der Waals surface area contributed by atoms with Crippen LogP contribution < -0.4 is 5.73 Å². The van der Waals surface area contributed by atoms with E-state index in [0.29, 0.717) is 25.9 Å². The highest BCUT2D eigenvalue weighted by atomic mass is 32.2. The second-order valence-corrected chi connectivity index (χ2v) is 10.1.